The number of carboxylic acids is 2. The van der Waals surface area contributed by atoms with Crippen LogP contribution in [0.2, 0.25) is 0 Å². The van der Waals surface area contributed by atoms with Gasteiger partial charge in [-0.15, -0.1) is 11.6 Å². The average Bonchev–Trinajstić information content (AvgIpc) is 2.14. The van der Waals surface area contributed by atoms with Crippen LogP contribution in [0.15, 0.2) is 0 Å². The lowest BCUT2D eigenvalue weighted by Gasteiger charge is -2.01. The first-order valence-electron chi connectivity index (χ1n) is 4.21. The van der Waals surface area contributed by atoms with E-state index >= 15 is 0 Å². The van der Waals surface area contributed by atoms with Crippen molar-refractivity contribution in [3.63, 3.8) is 0 Å². The Bertz CT molecular complexity index is 173. The Morgan fingerprint density at radius 2 is 1.86 bits per heavy atom. The van der Waals surface area contributed by atoms with Crippen LogP contribution in [0.3, 0.4) is 0 Å². The van der Waals surface area contributed by atoms with Gasteiger partial charge in [-0.3, -0.25) is 9.59 Å². The predicted molar refractivity (Wildman–Crippen MR) is 53.5 cm³/mol. The second-order valence-electron chi connectivity index (χ2n) is 2.57. The quantitative estimate of drug-likeness (QED) is 0.604. The lowest BCUT2D eigenvalue weighted by molar-refractivity contribution is -0.139. The van der Waals surface area contributed by atoms with Crippen molar-refractivity contribution >= 4 is 23.5 Å². The molecule has 14 heavy (non-hydrogen) atoms. The van der Waals surface area contributed by atoms with E-state index in [1.165, 1.54) is 0 Å². The van der Waals surface area contributed by atoms with E-state index in [0.717, 1.165) is 12.3 Å². The smallest absolute Gasteiger partial charge is 0.320 e. The number of hydrogen-bond donors (Lipinski definition) is 3. The molecule has 1 unspecified atom stereocenters. The molecule has 0 aliphatic rings. The molecule has 6 heteroatoms. The molecule has 0 aliphatic heterocycles. The van der Waals surface area contributed by atoms with Crippen LogP contribution < -0.4 is 5.73 Å². The predicted octanol–water partition coefficient (Wildman–Crippen LogP) is 0.898. The lowest BCUT2D eigenvalue weighted by atomic mass is 10.2. The van der Waals surface area contributed by atoms with E-state index < -0.39 is 18.0 Å². The molecule has 0 aromatic rings. The van der Waals surface area contributed by atoms with Crippen molar-refractivity contribution in [2.45, 2.75) is 32.2 Å². The van der Waals surface area contributed by atoms with Crippen molar-refractivity contribution < 1.29 is 19.8 Å². The number of carboxylic acid groups (broad SMARTS) is 2. The summed E-state index contributed by atoms with van der Waals surface area (Å²) in [7, 11) is 0. The van der Waals surface area contributed by atoms with Crippen molar-refractivity contribution in [3.8, 4) is 0 Å². The number of hydrogen-bond acceptors (Lipinski definition) is 3. The third-order valence-corrected chi connectivity index (χ3v) is 1.55. The number of rotatable bonds is 5. The van der Waals surface area contributed by atoms with Crippen LogP contribution in [0.5, 0.6) is 0 Å². The zero-order chi connectivity index (χ0) is 11.6. The van der Waals surface area contributed by atoms with E-state index in [2.05, 4.69) is 0 Å². The molecular weight excluding hydrogens is 210 g/mol. The first kappa shape index (κ1) is 15.7. The first-order chi connectivity index (χ1) is 6.45. The molecule has 0 bridgehead atoms. The highest BCUT2D eigenvalue weighted by Gasteiger charge is 2.12. The van der Waals surface area contributed by atoms with E-state index in [1.54, 1.807) is 0 Å². The summed E-state index contributed by atoms with van der Waals surface area (Å²) in [5, 5.41) is 16.3. The Morgan fingerprint density at radius 3 is 2.07 bits per heavy atom. The first-order valence-corrected chi connectivity index (χ1v) is 4.75. The highest BCUT2D eigenvalue weighted by atomic mass is 35.5. The average molecular weight is 226 g/mol. The van der Waals surface area contributed by atoms with Crippen molar-refractivity contribution in [1.29, 1.82) is 0 Å². The lowest BCUT2D eigenvalue weighted by Crippen LogP contribution is -2.30. The van der Waals surface area contributed by atoms with E-state index in [9.17, 15) is 9.59 Å². The second kappa shape index (κ2) is 10.3. The molecule has 0 aromatic heterocycles. The minimum Gasteiger partial charge on any atom is -0.481 e. The molecule has 0 saturated carbocycles. The molecule has 0 heterocycles. The summed E-state index contributed by atoms with van der Waals surface area (Å²) in [4.78, 5) is 19.9. The van der Waals surface area contributed by atoms with Gasteiger partial charge in [0.2, 0.25) is 0 Å². The van der Waals surface area contributed by atoms with Crippen LogP contribution in [0, 0.1) is 0 Å². The fourth-order valence-corrected chi connectivity index (χ4v) is 0.402. The Labute approximate surface area is 87.9 Å². The number of nitrogens with two attached hydrogens (primary N) is 1. The maximum Gasteiger partial charge on any atom is 0.320 e. The maximum absolute atomic E-state index is 9.99. The molecule has 0 aromatic carbocycles. The largest absolute Gasteiger partial charge is 0.481 e. The standard InChI is InChI=1S/C5H9NO4.C3H7Cl/c6-3(5(9)10)1-2-4(7)8;1-2-3-4/h3H,1-2,6H2,(H,7,8)(H,9,10);2-3H2,1H3. The Kier molecular flexibility index (Phi) is 11.5. The third kappa shape index (κ3) is 13.8. The van der Waals surface area contributed by atoms with Crippen LogP contribution in [0.25, 0.3) is 0 Å². The van der Waals surface area contributed by atoms with Crippen LogP contribution in [0.1, 0.15) is 26.2 Å². The maximum atomic E-state index is 9.99. The molecular formula is C8H16ClNO4. The minimum absolute atomic E-state index is 0.0231. The van der Waals surface area contributed by atoms with Crippen molar-refractivity contribution in [3.05, 3.63) is 0 Å². The van der Waals surface area contributed by atoms with Crippen molar-refractivity contribution in [2.24, 2.45) is 5.73 Å². The molecule has 84 valence electrons. The third-order valence-electron chi connectivity index (χ3n) is 1.18. The van der Waals surface area contributed by atoms with Gasteiger partial charge in [0.15, 0.2) is 0 Å². The van der Waals surface area contributed by atoms with Gasteiger partial charge in [-0.1, -0.05) is 6.92 Å². The summed E-state index contributed by atoms with van der Waals surface area (Å²) in [5.41, 5.74) is 5.00. The monoisotopic (exact) mass is 225 g/mol. The topological polar surface area (TPSA) is 101 Å². The molecule has 5 nitrogen and oxygen atoms in total. The SMILES string of the molecule is CCCCl.NC(CCC(=O)O)C(=O)O. The second-order valence-corrected chi connectivity index (χ2v) is 2.94. The molecule has 0 aliphatic carbocycles. The number of aliphatic carboxylic acids is 2. The fourth-order valence-electron chi connectivity index (χ4n) is 0.402. The molecule has 4 N–H and O–H groups in total. The summed E-state index contributed by atoms with van der Waals surface area (Å²) in [6.45, 7) is 2.05. The van der Waals surface area contributed by atoms with Gasteiger partial charge in [0.1, 0.15) is 6.04 Å². The Balaban J connectivity index is 0. The zero-order valence-electron chi connectivity index (χ0n) is 8.07. The highest BCUT2D eigenvalue weighted by molar-refractivity contribution is 6.17. The molecule has 0 saturated heterocycles. The fraction of sp³-hybridized carbons (Fsp3) is 0.750. The Hall–Kier alpha value is -0.810. The summed E-state index contributed by atoms with van der Waals surface area (Å²) < 4.78 is 0. The van der Waals surface area contributed by atoms with Gasteiger partial charge in [-0.25, -0.2) is 0 Å². The van der Waals surface area contributed by atoms with Gasteiger partial charge in [-0.2, -0.15) is 0 Å². The number of halogens is 1. The van der Waals surface area contributed by atoms with Gasteiger partial charge in [-0.05, 0) is 12.8 Å². The van der Waals surface area contributed by atoms with E-state index in [4.69, 9.17) is 27.5 Å². The molecule has 0 spiro atoms. The van der Waals surface area contributed by atoms with E-state index in [1.807, 2.05) is 6.92 Å². The van der Waals surface area contributed by atoms with Gasteiger partial charge in [0.25, 0.3) is 0 Å². The van der Waals surface area contributed by atoms with Gasteiger partial charge >= 0.3 is 11.9 Å². The number of alkyl halides is 1. The molecule has 0 radical (unpaired) electrons. The summed E-state index contributed by atoms with van der Waals surface area (Å²) in [6, 6.07) is -1.06. The van der Waals surface area contributed by atoms with Gasteiger partial charge in [0.05, 0.1) is 0 Å². The molecule has 0 rings (SSSR count). The Morgan fingerprint density at radius 1 is 1.43 bits per heavy atom. The minimum atomic E-state index is -1.17. The van der Waals surface area contributed by atoms with Gasteiger partial charge in [0, 0.05) is 12.3 Å². The van der Waals surface area contributed by atoms with Crippen LogP contribution in [-0.2, 0) is 9.59 Å². The van der Waals surface area contributed by atoms with Crippen LogP contribution in [-0.4, -0.2) is 34.1 Å². The summed E-state index contributed by atoms with van der Waals surface area (Å²) >= 11 is 5.19. The molecule has 1 atom stereocenters. The van der Waals surface area contributed by atoms with E-state index in [-0.39, 0.29) is 12.8 Å². The number of carbonyl (C=O) groups is 2. The highest BCUT2D eigenvalue weighted by Crippen LogP contribution is 1.93. The molecule has 0 amide bonds. The van der Waals surface area contributed by atoms with Gasteiger partial charge < -0.3 is 15.9 Å². The van der Waals surface area contributed by atoms with Crippen molar-refractivity contribution in [1.82, 2.24) is 0 Å². The normalized spacial score (nSPS) is 11.1. The van der Waals surface area contributed by atoms with Crippen LogP contribution >= 0.6 is 11.6 Å². The summed E-state index contributed by atoms with van der Waals surface area (Å²) in [6.07, 6.45) is 0.861. The molecule has 0 fully saturated rings. The zero-order valence-corrected chi connectivity index (χ0v) is 8.83. The summed E-state index contributed by atoms with van der Waals surface area (Å²) in [5.74, 6) is -1.40. The van der Waals surface area contributed by atoms with Crippen molar-refractivity contribution in [2.75, 3.05) is 5.88 Å². The van der Waals surface area contributed by atoms with E-state index in [0.29, 0.717) is 0 Å². The van der Waals surface area contributed by atoms with Crippen LogP contribution in [0.4, 0.5) is 0 Å².